The molecule has 0 saturated heterocycles. The zero-order valence-corrected chi connectivity index (χ0v) is 18.1. The molecule has 0 aliphatic rings. The first-order valence-corrected chi connectivity index (χ1v) is 10.4. The van der Waals surface area contributed by atoms with E-state index in [1.54, 1.807) is 11.3 Å². The maximum Gasteiger partial charge on any atom is 0.212 e. The van der Waals surface area contributed by atoms with Crippen LogP contribution in [0.3, 0.4) is 0 Å². The molecule has 0 fully saturated rings. The number of benzene rings is 2. The lowest BCUT2D eigenvalue weighted by Gasteiger charge is -2.20. The highest BCUT2D eigenvalue weighted by Crippen LogP contribution is 2.34. The predicted molar refractivity (Wildman–Crippen MR) is 116 cm³/mol. The SMILES string of the molecule is CCN(CC)c1ccc(-c2nnc(N(C)c3ccc(Br)c(Cl)c3)s2)cc1. The van der Waals surface area contributed by atoms with Gasteiger partial charge < -0.3 is 9.80 Å². The Kier molecular flexibility index (Phi) is 6.16. The summed E-state index contributed by atoms with van der Waals surface area (Å²) in [6, 6.07) is 14.3. The fourth-order valence-corrected chi connectivity index (χ4v) is 3.93. The fourth-order valence-electron chi connectivity index (χ4n) is 2.68. The zero-order valence-electron chi connectivity index (χ0n) is 14.9. The third-order valence-corrected chi connectivity index (χ3v) is 6.52. The lowest BCUT2D eigenvalue weighted by atomic mass is 10.2. The van der Waals surface area contributed by atoms with E-state index in [0.29, 0.717) is 5.02 Å². The Bertz CT molecular complexity index is 878. The maximum absolute atomic E-state index is 6.20. The van der Waals surface area contributed by atoms with Crippen LogP contribution in [0.2, 0.25) is 5.02 Å². The average Bonchev–Trinajstić information content (AvgIpc) is 3.15. The second-order valence-corrected chi connectivity index (χ2v) is 7.98. The summed E-state index contributed by atoms with van der Waals surface area (Å²) >= 11 is 11.2. The number of hydrogen-bond donors (Lipinski definition) is 0. The van der Waals surface area contributed by atoms with E-state index in [1.165, 1.54) is 5.69 Å². The van der Waals surface area contributed by atoms with E-state index in [2.05, 4.69) is 69.1 Å². The van der Waals surface area contributed by atoms with Crippen molar-refractivity contribution in [1.82, 2.24) is 10.2 Å². The van der Waals surface area contributed by atoms with Gasteiger partial charge in [0.25, 0.3) is 0 Å². The molecule has 26 heavy (non-hydrogen) atoms. The minimum absolute atomic E-state index is 0.672. The van der Waals surface area contributed by atoms with Gasteiger partial charge in [0.1, 0.15) is 5.01 Å². The topological polar surface area (TPSA) is 32.3 Å². The normalized spacial score (nSPS) is 10.8. The largest absolute Gasteiger partial charge is 0.372 e. The van der Waals surface area contributed by atoms with E-state index in [-0.39, 0.29) is 0 Å². The molecule has 3 rings (SSSR count). The molecule has 4 nitrogen and oxygen atoms in total. The van der Waals surface area contributed by atoms with Crippen LogP contribution in [0.5, 0.6) is 0 Å². The molecule has 3 aromatic rings. The summed E-state index contributed by atoms with van der Waals surface area (Å²) in [7, 11) is 1.97. The quantitative estimate of drug-likeness (QED) is 0.444. The van der Waals surface area contributed by atoms with Gasteiger partial charge in [0.05, 0.1) is 5.02 Å². The molecule has 0 saturated carbocycles. The lowest BCUT2D eigenvalue weighted by Crippen LogP contribution is -2.21. The summed E-state index contributed by atoms with van der Waals surface area (Å²) in [5.41, 5.74) is 3.27. The molecular formula is C19H20BrClN4S. The Morgan fingerprint density at radius 2 is 1.65 bits per heavy atom. The zero-order chi connectivity index (χ0) is 18.7. The first-order valence-electron chi connectivity index (χ1n) is 8.41. The number of nitrogens with zero attached hydrogens (tertiary/aromatic N) is 4. The highest BCUT2D eigenvalue weighted by molar-refractivity contribution is 9.10. The molecule has 0 N–H and O–H groups in total. The first-order chi connectivity index (χ1) is 12.5. The van der Waals surface area contributed by atoms with E-state index in [0.717, 1.165) is 39.0 Å². The molecule has 0 spiro atoms. The standard InChI is InChI=1S/C19H20BrClN4S/c1-4-25(5-2)14-8-6-13(7-9-14)18-22-23-19(26-18)24(3)15-10-11-16(20)17(21)12-15/h6-12H,4-5H2,1-3H3. The van der Waals surface area contributed by atoms with Gasteiger partial charge in [0.2, 0.25) is 5.13 Å². The lowest BCUT2D eigenvalue weighted by molar-refractivity contribution is 0.866. The van der Waals surface area contributed by atoms with Crippen molar-refractivity contribution in [3.63, 3.8) is 0 Å². The number of rotatable bonds is 6. The Morgan fingerprint density at radius 1 is 1.00 bits per heavy atom. The van der Waals surface area contributed by atoms with Crippen molar-refractivity contribution in [3.8, 4) is 10.6 Å². The molecule has 0 unspecified atom stereocenters. The Morgan fingerprint density at radius 3 is 2.27 bits per heavy atom. The van der Waals surface area contributed by atoms with Gasteiger partial charge in [-0.1, -0.05) is 22.9 Å². The van der Waals surface area contributed by atoms with E-state index in [1.807, 2.05) is 30.1 Å². The van der Waals surface area contributed by atoms with Gasteiger partial charge in [-0.05, 0) is 72.2 Å². The van der Waals surface area contributed by atoms with Gasteiger partial charge in [0, 0.05) is 41.5 Å². The molecule has 0 radical (unpaired) electrons. The van der Waals surface area contributed by atoms with Gasteiger partial charge in [-0.2, -0.15) is 0 Å². The Balaban J connectivity index is 1.81. The molecule has 1 heterocycles. The van der Waals surface area contributed by atoms with Crippen molar-refractivity contribution in [2.75, 3.05) is 29.9 Å². The van der Waals surface area contributed by atoms with Crippen LogP contribution >= 0.6 is 38.9 Å². The first kappa shape index (κ1) is 19.1. The summed E-state index contributed by atoms with van der Waals surface area (Å²) in [5.74, 6) is 0. The van der Waals surface area contributed by atoms with Crippen LogP contribution in [0, 0.1) is 0 Å². The maximum atomic E-state index is 6.20. The van der Waals surface area contributed by atoms with Crippen LogP contribution < -0.4 is 9.80 Å². The average molecular weight is 452 g/mol. The molecule has 0 amide bonds. The molecule has 1 aromatic heterocycles. The third-order valence-electron chi connectivity index (χ3n) is 4.23. The van der Waals surface area contributed by atoms with E-state index in [4.69, 9.17) is 11.6 Å². The highest BCUT2D eigenvalue weighted by atomic mass is 79.9. The number of aromatic nitrogens is 2. The minimum atomic E-state index is 0.672. The van der Waals surface area contributed by atoms with Crippen molar-refractivity contribution in [3.05, 3.63) is 52.0 Å². The van der Waals surface area contributed by atoms with Crippen molar-refractivity contribution in [1.29, 1.82) is 0 Å². The Labute approximate surface area is 171 Å². The van der Waals surface area contributed by atoms with Crippen molar-refractivity contribution in [2.24, 2.45) is 0 Å². The van der Waals surface area contributed by atoms with Gasteiger partial charge in [-0.3, -0.25) is 0 Å². The number of anilines is 3. The van der Waals surface area contributed by atoms with Crippen molar-refractivity contribution in [2.45, 2.75) is 13.8 Å². The fraction of sp³-hybridized carbons (Fsp3) is 0.263. The highest BCUT2D eigenvalue weighted by Gasteiger charge is 2.13. The summed E-state index contributed by atoms with van der Waals surface area (Å²) in [6.45, 7) is 6.33. The molecule has 2 aromatic carbocycles. The van der Waals surface area contributed by atoms with Gasteiger partial charge in [0.15, 0.2) is 0 Å². The molecule has 0 atom stereocenters. The monoisotopic (exact) mass is 450 g/mol. The van der Waals surface area contributed by atoms with Crippen molar-refractivity contribution >= 4 is 55.4 Å². The summed E-state index contributed by atoms with van der Waals surface area (Å²) < 4.78 is 0.877. The van der Waals surface area contributed by atoms with Crippen LogP contribution in [-0.4, -0.2) is 30.3 Å². The van der Waals surface area contributed by atoms with Crippen LogP contribution in [0.15, 0.2) is 46.9 Å². The van der Waals surface area contributed by atoms with E-state index < -0.39 is 0 Å². The summed E-state index contributed by atoms with van der Waals surface area (Å²) in [6.07, 6.45) is 0. The molecule has 7 heteroatoms. The van der Waals surface area contributed by atoms with Gasteiger partial charge in [-0.25, -0.2) is 0 Å². The minimum Gasteiger partial charge on any atom is -0.372 e. The van der Waals surface area contributed by atoms with E-state index in [9.17, 15) is 0 Å². The predicted octanol–water partition coefficient (Wildman–Crippen LogP) is 6.24. The van der Waals surface area contributed by atoms with Crippen LogP contribution in [0.25, 0.3) is 10.6 Å². The number of halogens is 2. The molecule has 0 bridgehead atoms. The van der Waals surface area contributed by atoms with E-state index >= 15 is 0 Å². The van der Waals surface area contributed by atoms with Crippen LogP contribution in [-0.2, 0) is 0 Å². The smallest absolute Gasteiger partial charge is 0.212 e. The number of hydrogen-bond acceptors (Lipinski definition) is 5. The summed E-state index contributed by atoms with van der Waals surface area (Å²) in [5, 5.41) is 11.1. The molecule has 0 aliphatic heterocycles. The van der Waals surface area contributed by atoms with Crippen LogP contribution in [0.1, 0.15) is 13.8 Å². The van der Waals surface area contributed by atoms with Crippen molar-refractivity contribution < 1.29 is 0 Å². The van der Waals surface area contributed by atoms with Crippen LogP contribution in [0.4, 0.5) is 16.5 Å². The second-order valence-electron chi connectivity index (χ2n) is 5.77. The third kappa shape index (κ3) is 4.03. The van der Waals surface area contributed by atoms with Gasteiger partial charge >= 0.3 is 0 Å². The summed E-state index contributed by atoms with van der Waals surface area (Å²) in [4.78, 5) is 4.31. The second kappa shape index (κ2) is 8.37. The molecular weight excluding hydrogens is 432 g/mol. The van der Waals surface area contributed by atoms with Gasteiger partial charge in [-0.15, -0.1) is 10.2 Å². The molecule has 136 valence electrons. The molecule has 0 aliphatic carbocycles. The Hall–Kier alpha value is -1.63.